The monoisotopic (exact) mass is 453 g/mol. The van der Waals surface area contributed by atoms with Gasteiger partial charge in [0.1, 0.15) is 0 Å². The van der Waals surface area contributed by atoms with E-state index in [1.54, 1.807) is 19.2 Å². The van der Waals surface area contributed by atoms with Gasteiger partial charge in [0, 0.05) is 49.9 Å². The number of carbonyl (C=O) groups is 1. The molecule has 2 heterocycles. The maximum atomic E-state index is 13.1. The summed E-state index contributed by atoms with van der Waals surface area (Å²) in [7, 11) is 1.56. The Kier molecular flexibility index (Phi) is 7.12. The topological polar surface area (TPSA) is 54.9 Å². The van der Waals surface area contributed by atoms with Crippen molar-refractivity contribution in [2.45, 2.75) is 19.9 Å². The molecule has 0 N–H and O–H groups in total. The SMILES string of the molecule is CCCOc1c(Cl)cc(C(=O)N2CCN(Cc3cccc4cccnc34)CC2)cc1OC. The predicted octanol–water partition coefficient (Wildman–Crippen LogP) is 4.64. The van der Waals surface area contributed by atoms with Gasteiger partial charge in [-0.15, -0.1) is 0 Å². The third kappa shape index (κ3) is 4.81. The normalized spacial score (nSPS) is 14.5. The lowest BCUT2D eigenvalue weighted by Gasteiger charge is -2.35. The fourth-order valence-corrected chi connectivity index (χ4v) is 4.28. The summed E-state index contributed by atoms with van der Waals surface area (Å²) in [5.41, 5.74) is 2.77. The lowest BCUT2D eigenvalue weighted by atomic mass is 10.1. The van der Waals surface area contributed by atoms with E-state index in [9.17, 15) is 4.79 Å². The number of hydrogen-bond donors (Lipinski definition) is 0. The van der Waals surface area contributed by atoms with Crippen LogP contribution in [0.3, 0.4) is 0 Å². The van der Waals surface area contributed by atoms with Gasteiger partial charge < -0.3 is 14.4 Å². The zero-order chi connectivity index (χ0) is 22.5. The number of rotatable bonds is 7. The zero-order valence-electron chi connectivity index (χ0n) is 18.5. The van der Waals surface area contributed by atoms with Crippen LogP contribution in [-0.2, 0) is 6.54 Å². The van der Waals surface area contributed by atoms with Crippen molar-refractivity contribution in [2.75, 3.05) is 39.9 Å². The molecule has 4 rings (SSSR count). The van der Waals surface area contributed by atoms with Crippen LogP contribution in [0.2, 0.25) is 5.02 Å². The van der Waals surface area contributed by atoms with Crippen LogP contribution in [0.4, 0.5) is 0 Å². The molecule has 0 aliphatic carbocycles. The number of nitrogens with zero attached hydrogens (tertiary/aromatic N) is 3. The van der Waals surface area contributed by atoms with Gasteiger partial charge in [0.25, 0.3) is 5.91 Å². The molecule has 0 unspecified atom stereocenters. The minimum atomic E-state index is -0.0429. The summed E-state index contributed by atoms with van der Waals surface area (Å²) in [5, 5.41) is 1.54. The number of pyridine rings is 1. The fourth-order valence-electron chi connectivity index (χ4n) is 4.02. The minimum Gasteiger partial charge on any atom is -0.493 e. The van der Waals surface area contributed by atoms with Gasteiger partial charge in [-0.05, 0) is 30.2 Å². The van der Waals surface area contributed by atoms with Crippen LogP contribution >= 0.6 is 11.6 Å². The van der Waals surface area contributed by atoms with Crippen molar-refractivity contribution in [1.29, 1.82) is 0 Å². The summed E-state index contributed by atoms with van der Waals surface area (Å²) >= 11 is 6.40. The Bertz CT molecular complexity index is 1090. The largest absolute Gasteiger partial charge is 0.493 e. The van der Waals surface area contributed by atoms with Gasteiger partial charge in [0.05, 0.1) is 24.3 Å². The van der Waals surface area contributed by atoms with Gasteiger partial charge in [0.2, 0.25) is 0 Å². The Morgan fingerprint density at radius 2 is 1.91 bits per heavy atom. The summed E-state index contributed by atoms with van der Waals surface area (Å²) in [5.74, 6) is 0.927. The zero-order valence-corrected chi connectivity index (χ0v) is 19.3. The number of methoxy groups -OCH3 is 1. The van der Waals surface area contributed by atoms with Gasteiger partial charge in [-0.25, -0.2) is 0 Å². The smallest absolute Gasteiger partial charge is 0.254 e. The Hall–Kier alpha value is -2.83. The number of amides is 1. The number of aromatic nitrogens is 1. The Morgan fingerprint density at radius 1 is 1.12 bits per heavy atom. The molecule has 168 valence electrons. The second-order valence-electron chi connectivity index (χ2n) is 7.90. The number of carbonyl (C=O) groups excluding carboxylic acids is 1. The first-order chi connectivity index (χ1) is 15.6. The predicted molar refractivity (Wildman–Crippen MR) is 127 cm³/mol. The van der Waals surface area contributed by atoms with Crippen molar-refractivity contribution in [3.63, 3.8) is 0 Å². The van der Waals surface area contributed by atoms with E-state index in [4.69, 9.17) is 21.1 Å². The highest BCUT2D eigenvalue weighted by Gasteiger charge is 2.24. The van der Waals surface area contributed by atoms with Crippen LogP contribution in [0, 0.1) is 0 Å². The highest BCUT2D eigenvalue weighted by molar-refractivity contribution is 6.32. The summed E-state index contributed by atoms with van der Waals surface area (Å²) in [4.78, 5) is 21.9. The van der Waals surface area contributed by atoms with E-state index >= 15 is 0 Å². The Labute approximate surface area is 193 Å². The van der Waals surface area contributed by atoms with Crippen molar-refractivity contribution in [2.24, 2.45) is 0 Å². The molecule has 1 aliphatic rings. The van der Waals surface area contributed by atoms with Gasteiger partial charge in [-0.1, -0.05) is 42.8 Å². The van der Waals surface area contributed by atoms with Crippen molar-refractivity contribution in [1.82, 2.24) is 14.8 Å². The van der Waals surface area contributed by atoms with Crippen molar-refractivity contribution < 1.29 is 14.3 Å². The molecule has 1 amide bonds. The quantitative estimate of drug-likeness (QED) is 0.521. The lowest BCUT2D eigenvalue weighted by molar-refractivity contribution is 0.0628. The summed E-state index contributed by atoms with van der Waals surface area (Å²) in [6.45, 7) is 6.30. The molecule has 1 aliphatic heterocycles. The fraction of sp³-hybridized carbons (Fsp3) is 0.360. The van der Waals surface area contributed by atoms with Crippen LogP contribution in [-0.4, -0.2) is 60.6 Å². The molecule has 1 aromatic heterocycles. The molecule has 7 heteroatoms. The second kappa shape index (κ2) is 10.2. The van der Waals surface area contributed by atoms with Crippen LogP contribution in [0.1, 0.15) is 29.3 Å². The minimum absolute atomic E-state index is 0.0429. The first-order valence-electron chi connectivity index (χ1n) is 10.9. The molecule has 2 aromatic carbocycles. The molecular formula is C25H28ClN3O3. The average Bonchev–Trinajstić information content (AvgIpc) is 2.83. The number of fused-ring (bicyclic) bond motifs is 1. The summed E-state index contributed by atoms with van der Waals surface area (Å²) in [6.07, 6.45) is 2.69. The number of para-hydroxylation sites is 1. The molecule has 0 saturated carbocycles. The number of benzene rings is 2. The van der Waals surface area contributed by atoms with E-state index in [0.29, 0.717) is 41.8 Å². The first kappa shape index (κ1) is 22.4. The standard InChI is InChI=1S/C25H28ClN3O3/c1-3-14-32-24-21(26)15-20(16-22(24)31-2)25(30)29-12-10-28(11-13-29)17-19-7-4-6-18-8-5-9-27-23(18)19/h4-9,15-16H,3,10-14,17H2,1-2H3. The van der Waals surface area contributed by atoms with E-state index < -0.39 is 0 Å². The highest BCUT2D eigenvalue weighted by atomic mass is 35.5. The van der Waals surface area contributed by atoms with E-state index in [0.717, 1.165) is 37.0 Å². The molecule has 0 radical (unpaired) electrons. The molecule has 32 heavy (non-hydrogen) atoms. The van der Waals surface area contributed by atoms with Gasteiger partial charge in [0.15, 0.2) is 11.5 Å². The van der Waals surface area contributed by atoms with E-state index in [1.807, 2.05) is 24.1 Å². The third-order valence-electron chi connectivity index (χ3n) is 5.70. The maximum Gasteiger partial charge on any atom is 0.254 e. The second-order valence-corrected chi connectivity index (χ2v) is 8.31. The van der Waals surface area contributed by atoms with Crippen molar-refractivity contribution >= 4 is 28.4 Å². The molecule has 6 nitrogen and oxygen atoms in total. The maximum absolute atomic E-state index is 13.1. The van der Waals surface area contributed by atoms with Crippen LogP contribution in [0.5, 0.6) is 11.5 Å². The average molecular weight is 454 g/mol. The van der Waals surface area contributed by atoms with Crippen LogP contribution in [0.15, 0.2) is 48.7 Å². The molecule has 1 fully saturated rings. The number of halogens is 1. The molecule has 0 bridgehead atoms. The van der Waals surface area contributed by atoms with Crippen molar-refractivity contribution in [3.05, 3.63) is 64.8 Å². The van der Waals surface area contributed by atoms with E-state index in [2.05, 4.69) is 34.1 Å². The molecule has 0 atom stereocenters. The third-order valence-corrected chi connectivity index (χ3v) is 5.98. The summed E-state index contributed by atoms with van der Waals surface area (Å²) < 4.78 is 11.1. The number of ether oxygens (including phenoxy) is 2. The highest BCUT2D eigenvalue weighted by Crippen LogP contribution is 2.37. The van der Waals surface area contributed by atoms with Gasteiger partial charge in [-0.3, -0.25) is 14.7 Å². The van der Waals surface area contributed by atoms with Crippen LogP contribution < -0.4 is 9.47 Å². The van der Waals surface area contributed by atoms with Crippen LogP contribution in [0.25, 0.3) is 10.9 Å². The van der Waals surface area contributed by atoms with Crippen molar-refractivity contribution in [3.8, 4) is 11.5 Å². The molecule has 3 aromatic rings. The summed E-state index contributed by atoms with van der Waals surface area (Å²) in [6, 6.07) is 13.7. The van der Waals surface area contributed by atoms with E-state index in [-0.39, 0.29) is 5.91 Å². The molecular weight excluding hydrogens is 426 g/mol. The number of hydrogen-bond acceptors (Lipinski definition) is 5. The Balaban J connectivity index is 1.42. The number of piperazine rings is 1. The van der Waals surface area contributed by atoms with Gasteiger partial charge >= 0.3 is 0 Å². The molecule has 1 saturated heterocycles. The molecule has 0 spiro atoms. The Morgan fingerprint density at radius 3 is 2.66 bits per heavy atom. The lowest BCUT2D eigenvalue weighted by Crippen LogP contribution is -2.48. The van der Waals surface area contributed by atoms with Gasteiger partial charge in [-0.2, -0.15) is 0 Å². The first-order valence-corrected chi connectivity index (χ1v) is 11.3. The van der Waals surface area contributed by atoms with E-state index in [1.165, 1.54) is 5.56 Å².